The number of ether oxygens (including phenoxy) is 3. The Bertz CT molecular complexity index is 1290. The smallest absolute Gasteiger partial charge is 0.306 e. The van der Waals surface area contributed by atoms with E-state index in [1.807, 2.05) is 0 Å². The second-order valence-corrected chi connectivity index (χ2v) is 19.6. The Morgan fingerprint density at radius 1 is 0.290 bits per heavy atom. The van der Waals surface area contributed by atoms with Crippen molar-refractivity contribution in [2.24, 2.45) is 0 Å². The number of hydrogen-bond acceptors (Lipinski definition) is 6. The second kappa shape index (κ2) is 57.4. The summed E-state index contributed by atoms with van der Waals surface area (Å²) in [4.78, 5) is 38.0. The van der Waals surface area contributed by atoms with Gasteiger partial charge >= 0.3 is 17.9 Å². The van der Waals surface area contributed by atoms with E-state index in [-0.39, 0.29) is 31.1 Å². The number of hydrogen-bond donors (Lipinski definition) is 0. The minimum Gasteiger partial charge on any atom is -0.462 e. The molecule has 0 aliphatic carbocycles. The molecule has 1 atom stereocenters. The van der Waals surface area contributed by atoms with Gasteiger partial charge in [0.15, 0.2) is 6.10 Å². The van der Waals surface area contributed by atoms with Crippen LogP contribution in [0.15, 0.2) is 72.9 Å². The zero-order chi connectivity index (χ0) is 50.0. The number of esters is 3. The standard InChI is InChI=1S/C63H110O6/c1-4-7-10-13-16-18-20-22-24-26-28-29-30-31-32-33-35-36-38-40-42-44-47-50-53-56-62(65)68-59-60(58-67-61(64)55-52-49-46-15-12-9-6-3)69-63(66)57-54-51-48-45-43-41-39-37-34-27-25-23-21-19-17-14-11-8-5-2/h17,19-20,22-23,25-26,28,30-31,34,37,60H,4-16,18,21,24,27,29,32-33,35-36,38-59H2,1-3H3/b19-17-,22-20-,25-23-,28-26-,31-30-,37-34-. The van der Waals surface area contributed by atoms with Crippen molar-refractivity contribution < 1.29 is 28.6 Å². The van der Waals surface area contributed by atoms with E-state index < -0.39 is 6.10 Å². The first-order valence-electron chi connectivity index (χ1n) is 29.4. The molecule has 0 rings (SSSR count). The molecular weight excluding hydrogens is 853 g/mol. The van der Waals surface area contributed by atoms with Crippen molar-refractivity contribution in [3.8, 4) is 0 Å². The monoisotopic (exact) mass is 963 g/mol. The molecule has 0 aromatic heterocycles. The maximum Gasteiger partial charge on any atom is 0.306 e. The highest BCUT2D eigenvalue weighted by molar-refractivity contribution is 5.71. The molecule has 398 valence electrons. The van der Waals surface area contributed by atoms with Crippen molar-refractivity contribution in [2.45, 2.75) is 297 Å². The zero-order valence-corrected chi connectivity index (χ0v) is 45.6. The molecule has 0 saturated heterocycles. The van der Waals surface area contributed by atoms with Crippen LogP contribution >= 0.6 is 0 Å². The van der Waals surface area contributed by atoms with Gasteiger partial charge in [-0.1, -0.05) is 248 Å². The summed E-state index contributed by atoms with van der Waals surface area (Å²) < 4.78 is 16.8. The van der Waals surface area contributed by atoms with Gasteiger partial charge in [0.1, 0.15) is 13.2 Å². The van der Waals surface area contributed by atoms with Crippen molar-refractivity contribution in [3.63, 3.8) is 0 Å². The third-order valence-corrected chi connectivity index (χ3v) is 12.7. The van der Waals surface area contributed by atoms with Gasteiger partial charge in [-0.05, 0) is 96.3 Å². The molecular formula is C63H110O6. The second-order valence-electron chi connectivity index (χ2n) is 19.6. The molecule has 0 N–H and O–H groups in total. The molecule has 0 fully saturated rings. The molecule has 6 nitrogen and oxygen atoms in total. The lowest BCUT2D eigenvalue weighted by Gasteiger charge is -2.18. The van der Waals surface area contributed by atoms with E-state index >= 15 is 0 Å². The minimum absolute atomic E-state index is 0.0810. The topological polar surface area (TPSA) is 78.9 Å². The molecule has 0 aromatic rings. The first kappa shape index (κ1) is 65.8. The van der Waals surface area contributed by atoms with Gasteiger partial charge in [-0.25, -0.2) is 0 Å². The molecule has 1 unspecified atom stereocenters. The molecule has 69 heavy (non-hydrogen) atoms. The third kappa shape index (κ3) is 55.6. The Morgan fingerprint density at radius 3 is 0.841 bits per heavy atom. The van der Waals surface area contributed by atoms with Crippen LogP contribution in [-0.4, -0.2) is 37.2 Å². The van der Waals surface area contributed by atoms with Crippen LogP contribution in [0.5, 0.6) is 0 Å². The van der Waals surface area contributed by atoms with E-state index in [1.165, 1.54) is 154 Å². The van der Waals surface area contributed by atoms with Crippen molar-refractivity contribution in [3.05, 3.63) is 72.9 Å². The zero-order valence-electron chi connectivity index (χ0n) is 45.6. The van der Waals surface area contributed by atoms with Crippen molar-refractivity contribution in [1.82, 2.24) is 0 Å². The number of rotatable bonds is 53. The Labute approximate surface area is 427 Å². The maximum absolute atomic E-state index is 12.8. The van der Waals surface area contributed by atoms with E-state index in [0.717, 1.165) is 96.3 Å². The predicted molar refractivity (Wildman–Crippen MR) is 298 cm³/mol. The summed E-state index contributed by atoms with van der Waals surface area (Å²) in [5.41, 5.74) is 0. The van der Waals surface area contributed by atoms with Crippen LogP contribution in [0.25, 0.3) is 0 Å². The van der Waals surface area contributed by atoms with Crippen LogP contribution in [-0.2, 0) is 28.6 Å². The summed E-state index contributed by atoms with van der Waals surface area (Å²) in [6.45, 7) is 6.56. The molecule has 6 heteroatoms. The lowest BCUT2D eigenvalue weighted by molar-refractivity contribution is -0.167. The van der Waals surface area contributed by atoms with E-state index in [2.05, 4.69) is 93.7 Å². The summed E-state index contributed by atoms with van der Waals surface area (Å²) >= 11 is 0. The molecule has 0 bridgehead atoms. The largest absolute Gasteiger partial charge is 0.462 e. The Hall–Kier alpha value is -3.15. The van der Waals surface area contributed by atoms with E-state index in [0.29, 0.717) is 19.3 Å². The summed E-state index contributed by atoms with van der Waals surface area (Å²) in [5.74, 6) is -0.897. The Balaban J connectivity index is 4.20. The molecule has 0 aromatic carbocycles. The van der Waals surface area contributed by atoms with Gasteiger partial charge in [0, 0.05) is 19.3 Å². The van der Waals surface area contributed by atoms with Crippen molar-refractivity contribution >= 4 is 17.9 Å². The normalized spacial score (nSPS) is 12.6. The molecule has 0 aliphatic rings. The summed E-state index contributed by atoms with van der Waals surface area (Å²) in [5, 5.41) is 0. The van der Waals surface area contributed by atoms with Crippen molar-refractivity contribution in [2.75, 3.05) is 13.2 Å². The maximum atomic E-state index is 12.8. The van der Waals surface area contributed by atoms with Crippen LogP contribution in [0.3, 0.4) is 0 Å². The SMILES string of the molecule is CCCCC/C=C\C/C=C\C/C=C\CCCCCCCCC(=O)OC(COC(=O)CCCCCCCCC)COC(=O)CCCCCCCCCCCC/C=C\C/C=C\C/C=C\CCCCCCC. The third-order valence-electron chi connectivity index (χ3n) is 12.7. The highest BCUT2D eigenvalue weighted by atomic mass is 16.6. The molecule has 0 spiro atoms. The highest BCUT2D eigenvalue weighted by Crippen LogP contribution is 2.15. The fraction of sp³-hybridized carbons (Fsp3) is 0.762. The van der Waals surface area contributed by atoms with Gasteiger partial charge < -0.3 is 14.2 Å². The number of unbranched alkanes of at least 4 members (excludes halogenated alkanes) is 30. The summed E-state index contributed by atoms with van der Waals surface area (Å²) in [6.07, 6.45) is 73.4. The van der Waals surface area contributed by atoms with Crippen LogP contribution in [0.4, 0.5) is 0 Å². The van der Waals surface area contributed by atoms with E-state index in [9.17, 15) is 14.4 Å². The first-order valence-corrected chi connectivity index (χ1v) is 29.4. The highest BCUT2D eigenvalue weighted by Gasteiger charge is 2.19. The van der Waals surface area contributed by atoms with Gasteiger partial charge in [0.05, 0.1) is 0 Å². The number of carbonyl (C=O) groups is 3. The Morgan fingerprint density at radius 2 is 0.522 bits per heavy atom. The van der Waals surface area contributed by atoms with E-state index in [4.69, 9.17) is 14.2 Å². The summed E-state index contributed by atoms with van der Waals surface area (Å²) in [6, 6.07) is 0. The molecule has 0 amide bonds. The van der Waals surface area contributed by atoms with Gasteiger partial charge in [-0.2, -0.15) is 0 Å². The minimum atomic E-state index is -0.781. The Kier molecular flexibility index (Phi) is 54.8. The molecule has 0 radical (unpaired) electrons. The van der Waals surface area contributed by atoms with Crippen molar-refractivity contribution in [1.29, 1.82) is 0 Å². The van der Waals surface area contributed by atoms with Crippen LogP contribution in [0.2, 0.25) is 0 Å². The van der Waals surface area contributed by atoms with E-state index in [1.54, 1.807) is 0 Å². The van der Waals surface area contributed by atoms with Crippen LogP contribution < -0.4 is 0 Å². The van der Waals surface area contributed by atoms with Crippen LogP contribution in [0.1, 0.15) is 290 Å². The van der Waals surface area contributed by atoms with Gasteiger partial charge in [0.2, 0.25) is 0 Å². The van der Waals surface area contributed by atoms with Gasteiger partial charge in [0.25, 0.3) is 0 Å². The van der Waals surface area contributed by atoms with Crippen LogP contribution in [0, 0.1) is 0 Å². The molecule has 0 saturated carbocycles. The average molecular weight is 964 g/mol. The lowest BCUT2D eigenvalue weighted by Crippen LogP contribution is -2.30. The lowest BCUT2D eigenvalue weighted by atomic mass is 10.1. The fourth-order valence-electron chi connectivity index (χ4n) is 8.22. The molecule has 0 heterocycles. The van der Waals surface area contributed by atoms with Gasteiger partial charge in [-0.3, -0.25) is 14.4 Å². The van der Waals surface area contributed by atoms with Gasteiger partial charge in [-0.15, -0.1) is 0 Å². The summed E-state index contributed by atoms with van der Waals surface area (Å²) in [7, 11) is 0. The first-order chi connectivity index (χ1) is 34.0. The fourth-order valence-corrected chi connectivity index (χ4v) is 8.22. The quantitative estimate of drug-likeness (QED) is 0.0262. The predicted octanol–water partition coefficient (Wildman–Crippen LogP) is 19.8. The molecule has 0 aliphatic heterocycles. The average Bonchev–Trinajstić information content (AvgIpc) is 3.35. The number of allylic oxidation sites excluding steroid dienone is 12. The number of carbonyl (C=O) groups excluding carboxylic acids is 3.